The third-order valence-electron chi connectivity index (χ3n) is 3.76. The van der Waals surface area contributed by atoms with Gasteiger partial charge in [0.15, 0.2) is 0 Å². The van der Waals surface area contributed by atoms with Crippen molar-refractivity contribution < 1.29 is 4.52 Å². The van der Waals surface area contributed by atoms with Crippen molar-refractivity contribution in [3.05, 3.63) is 51.9 Å². The molecule has 4 N–H and O–H groups in total. The summed E-state index contributed by atoms with van der Waals surface area (Å²) >= 11 is 6.31. The van der Waals surface area contributed by atoms with Crippen molar-refractivity contribution >= 4 is 35.7 Å². The molecule has 1 unspecified atom stereocenters. The van der Waals surface area contributed by atoms with Gasteiger partial charge in [0, 0.05) is 11.4 Å². The summed E-state index contributed by atoms with van der Waals surface area (Å²) in [5.74, 6) is 0.679. The summed E-state index contributed by atoms with van der Waals surface area (Å²) in [6, 6.07) is 7.77. The van der Waals surface area contributed by atoms with Gasteiger partial charge < -0.3 is 10.3 Å². The van der Waals surface area contributed by atoms with Gasteiger partial charge >= 0.3 is 0 Å². The molecule has 0 saturated heterocycles. The summed E-state index contributed by atoms with van der Waals surface area (Å²) in [6.45, 7) is 1.85. The Balaban J connectivity index is 0.00000192. The minimum Gasteiger partial charge on any atom is -0.369 e. The summed E-state index contributed by atoms with van der Waals surface area (Å²) < 4.78 is 5.29. The highest BCUT2D eigenvalue weighted by atomic mass is 35.5. The third-order valence-corrected chi connectivity index (χ3v) is 4.10. The lowest BCUT2D eigenvalue weighted by molar-refractivity contribution is 0.389. The normalized spacial score (nSPS) is 18.2. The number of guanidine groups is 1. The molecule has 1 aliphatic carbocycles. The number of benzene rings is 1. The quantitative estimate of drug-likeness (QED) is 0.438. The van der Waals surface area contributed by atoms with E-state index in [4.69, 9.17) is 27.3 Å². The Morgan fingerprint density at radius 2 is 2.17 bits per heavy atom. The molecule has 1 atom stereocenters. The molecule has 8 heteroatoms. The molecule has 122 valence electrons. The van der Waals surface area contributed by atoms with Gasteiger partial charge in [-0.05, 0) is 30.9 Å². The van der Waals surface area contributed by atoms with Crippen LogP contribution in [0.4, 0.5) is 0 Å². The molecule has 1 aromatic heterocycles. The number of rotatable bonds is 2. The third kappa shape index (κ3) is 3.48. The molecule has 0 saturated carbocycles. The molecule has 2 aromatic rings. The van der Waals surface area contributed by atoms with Crippen LogP contribution in [0.1, 0.15) is 34.9 Å². The topological polar surface area (TPSA) is 100 Å². The summed E-state index contributed by atoms with van der Waals surface area (Å²) in [6.07, 6.45) is 1.43. The van der Waals surface area contributed by atoms with Gasteiger partial charge in [-0.1, -0.05) is 35.0 Å². The number of fused-ring (bicyclic) bond motifs is 1. The second-order valence-corrected chi connectivity index (χ2v) is 5.68. The maximum atomic E-state index is 7.26. The molecule has 1 aliphatic rings. The van der Waals surface area contributed by atoms with Crippen molar-refractivity contribution in [1.82, 2.24) is 10.6 Å². The van der Waals surface area contributed by atoms with Gasteiger partial charge in [0.25, 0.3) is 0 Å². The van der Waals surface area contributed by atoms with Gasteiger partial charge in [0.2, 0.25) is 5.96 Å². The van der Waals surface area contributed by atoms with Crippen LogP contribution in [-0.2, 0) is 6.42 Å². The molecule has 0 aliphatic heterocycles. The van der Waals surface area contributed by atoms with Crippen molar-refractivity contribution in [2.75, 3.05) is 0 Å². The maximum absolute atomic E-state index is 7.26. The van der Waals surface area contributed by atoms with Crippen LogP contribution in [0.25, 0.3) is 0 Å². The standard InChI is InChI=1S/C15H16ClN5O.ClH/c1-8-14-12(19-20-15(17)18)6-9(7-13(14)21-22-8)10-4-2-3-5-11(10)16;/h2-5,9H,6-7H2,1H3,(H4,17,18,20);1H. The van der Waals surface area contributed by atoms with E-state index in [1.165, 1.54) is 0 Å². The minimum absolute atomic E-state index is 0. The number of hydrogen-bond donors (Lipinski definition) is 3. The molecular weight excluding hydrogens is 337 g/mol. The molecule has 3 rings (SSSR count). The fourth-order valence-corrected chi connectivity index (χ4v) is 3.11. The van der Waals surface area contributed by atoms with Crippen LogP contribution in [0.15, 0.2) is 33.9 Å². The van der Waals surface area contributed by atoms with Gasteiger partial charge in [0.1, 0.15) is 5.76 Å². The molecule has 0 spiro atoms. The van der Waals surface area contributed by atoms with Crippen LogP contribution >= 0.6 is 24.0 Å². The van der Waals surface area contributed by atoms with Crippen molar-refractivity contribution in [2.45, 2.75) is 25.7 Å². The number of nitrogens with one attached hydrogen (secondary N) is 2. The molecule has 0 radical (unpaired) electrons. The Morgan fingerprint density at radius 1 is 1.43 bits per heavy atom. The second-order valence-electron chi connectivity index (χ2n) is 5.27. The molecule has 0 bridgehead atoms. The van der Waals surface area contributed by atoms with Crippen LogP contribution < -0.4 is 11.2 Å². The largest absolute Gasteiger partial charge is 0.369 e. The highest BCUT2D eigenvalue weighted by Crippen LogP contribution is 2.36. The average molecular weight is 354 g/mol. The number of hydrazone groups is 1. The summed E-state index contributed by atoms with van der Waals surface area (Å²) in [4.78, 5) is 0. The Labute approximate surface area is 145 Å². The van der Waals surface area contributed by atoms with E-state index in [-0.39, 0.29) is 24.3 Å². The van der Waals surface area contributed by atoms with E-state index in [0.29, 0.717) is 6.42 Å². The second kappa shape index (κ2) is 7.02. The van der Waals surface area contributed by atoms with Gasteiger partial charge in [-0.3, -0.25) is 5.41 Å². The zero-order valence-corrected chi connectivity index (χ0v) is 14.0. The first-order valence-corrected chi connectivity index (χ1v) is 7.30. The predicted molar refractivity (Wildman–Crippen MR) is 92.6 cm³/mol. The fourth-order valence-electron chi connectivity index (χ4n) is 2.82. The van der Waals surface area contributed by atoms with Crippen LogP contribution in [0, 0.1) is 12.3 Å². The Bertz CT molecular complexity index is 756. The van der Waals surface area contributed by atoms with E-state index in [9.17, 15) is 0 Å². The van der Waals surface area contributed by atoms with Crippen LogP contribution in [0.5, 0.6) is 0 Å². The van der Waals surface area contributed by atoms with E-state index < -0.39 is 0 Å². The SMILES string of the molecule is Cc1onc2c1C(=NNC(=N)N)CC(c1ccccc1Cl)C2.Cl. The highest BCUT2D eigenvalue weighted by Gasteiger charge is 2.30. The highest BCUT2D eigenvalue weighted by molar-refractivity contribution is 6.31. The van der Waals surface area contributed by atoms with Gasteiger partial charge in [0.05, 0.1) is 17.0 Å². The fraction of sp³-hybridized carbons (Fsp3) is 0.267. The molecule has 1 aromatic carbocycles. The monoisotopic (exact) mass is 353 g/mol. The average Bonchev–Trinajstić information content (AvgIpc) is 2.87. The lowest BCUT2D eigenvalue weighted by atomic mass is 9.81. The molecule has 23 heavy (non-hydrogen) atoms. The number of hydrogen-bond acceptors (Lipinski definition) is 4. The first-order chi connectivity index (χ1) is 10.6. The van der Waals surface area contributed by atoms with E-state index in [0.717, 1.165) is 39.7 Å². The summed E-state index contributed by atoms with van der Waals surface area (Å²) in [5, 5.41) is 16.4. The molecule has 1 heterocycles. The van der Waals surface area contributed by atoms with Crippen molar-refractivity contribution in [2.24, 2.45) is 10.8 Å². The zero-order valence-electron chi connectivity index (χ0n) is 12.5. The Morgan fingerprint density at radius 3 is 2.87 bits per heavy atom. The van der Waals surface area contributed by atoms with Crippen molar-refractivity contribution in [3.8, 4) is 0 Å². The molecule has 0 fully saturated rings. The number of aromatic nitrogens is 1. The van der Waals surface area contributed by atoms with Crippen LogP contribution in [-0.4, -0.2) is 16.8 Å². The lowest BCUT2D eigenvalue weighted by Crippen LogP contribution is -2.29. The number of aryl methyl sites for hydroxylation is 1. The smallest absolute Gasteiger partial charge is 0.206 e. The lowest BCUT2D eigenvalue weighted by Gasteiger charge is -2.23. The van der Waals surface area contributed by atoms with Gasteiger partial charge in [-0.15, -0.1) is 12.4 Å². The van der Waals surface area contributed by atoms with E-state index in [2.05, 4.69) is 15.7 Å². The molecule has 6 nitrogen and oxygen atoms in total. The summed E-state index contributed by atoms with van der Waals surface area (Å²) in [5.41, 5.74) is 11.4. The van der Waals surface area contributed by atoms with Crippen molar-refractivity contribution in [3.63, 3.8) is 0 Å². The van der Waals surface area contributed by atoms with E-state index in [1.54, 1.807) is 0 Å². The first-order valence-electron chi connectivity index (χ1n) is 6.92. The number of nitrogens with two attached hydrogens (primary N) is 1. The van der Waals surface area contributed by atoms with Gasteiger partial charge in [-0.25, -0.2) is 5.43 Å². The zero-order chi connectivity index (χ0) is 15.7. The summed E-state index contributed by atoms with van der Waals surface area (Å²) in [7, 11) is 0. The first kappa shape index (κ1) is 17.3. The molecule has 0 amide bonds. The minimum atomic E-state index is -0.206. The van der Waals surface area contributed by atoms with E-state index in [1.807, 2.05) is 31.2 Å². The predicted octanol–water partition coefficient (Wildman–Crippen LogP) is 2.98. The number of halogens is 2. The van der Waals surface area contributed by atoms with Gasteiger partial charge in [-0.2, -0.15) is 5.10 Å². The number of nitrogens with zero attached hydrogens (tertiary/aromatic N) is 2. The Kier molecular flexibility index (Phi) is 5.28. The van der Waals surface area contributed by atoms with Crippen molar-refractivity contribution in [1.29, 1.82) is 5.41 Å². The molecular formula is C15H17Cl2N5O. The Hall–Kier alpha value is -2.05. The van der Waals surface area contributed by atoms with Crippen LogP contribution in [0.3, 0.4) is 0 Å². The van der Waals surface area contributed by atoms with E-state index >= 15 is 0 Å². The maximum Gasteiger partial charge on any atom is 0.206 e. The van der Waals surface area contributed by atoms with Crippen LogP contribution in [0.2, 0.25) is 5.02 Å².